The lowest BCUT2D eigenvalue weighted by Crippen LogP contribution is -2.53. The Labute approximate surface area is 224 Å². The quantitative estimate of drug-likeness (QED) is 0.352. The van der Waals surface area contributed by atoms with E-state index >= 15 is 0 Å². The molecular weight excluding hydrogens is 484 g/mol. The zero-order chi connectivity index (χ0) is 26.0. The zero-order valence-corrected chi connectivity index (χ0v) is 22.1. The SMILES string of the molecule is Cc1ccc(CN(C(=O)COc2ccc(Cl)cc2)[C@H](Cc2ccccc2)C(=O)NC2CCCCC2)cc1. The minimum atomic E-state index is -0.660. The van der Waals surface area contributed by atoms with Crippen LogP contribution < -0.4 is 10.1 Å². The van der Waals surface area contributed by atoms with E-state index in [1.54, 1.807) is 29.2 Å². The van der Waals surface area contributed by atoms with Gasteiger partial charge in [-0.2, -0.15) is 0 Å². The number of carbonyl (C=O) groups is 2. The standard InChI is InChI=1S/C31H35ClN2O3/c1-23-12-14-25(15-13-23)21-34(30(35)22-37-28-18-16-26(32)17-19-28)29(20-24-8-4-2-5-9-24)31(36)33-27-10-6-3-7-11-27/h2,4-5,8-9,12-19,27,29H,3,6-7,10-11,20-22H2,1H3,(H,33,36)/t29-/m1/s1. The summed E-state index contributed by atoms with van der Waals surface area (Å²) in [6.45, 7) is 2.18. The molecular formula is C31H35ClN2O3. The van der Waals surface area contributed by atoms with E-state index in [2.05, 4.69) is 5.32 Å². The molecule has 5 nitrogen and oxygen atoms in total. The lowest BCUT2D eigenvalue weighted by molar-refractivity contribution is -0.143. The zero-order valence-electron chi connectivity index (χ0n) is 21.4. The van der Waals surface area contributed by atoms with Crippen molar-refractivity contribution in [2.45, 2.75) is 64.1 Å². The van der Waals surface area contributed by atoms with Crippen LogP contribution in [0.1, 0.15) is 48.8 Å². The molecule has 0 bridgehead atoms. The Bertz CT molecular complexity index is 1140. The molecule has 0 aromatic heterocycles. The number of carbonyl (C=O) groups excluding carboxylic acids is 2. The molecule has 0 spiro atoms. The van der Waals surface area contributed by atoms with Crippen LogP contribution in [0.5, 0.6) is 5.75 Å². The first-order chi connectivity index (χ1) is 18.0. The lowest BCUT2D eigenvalue weighted by Gasteiger charge is -2.33. The van der Waals surface area contributed by atoms with Gasteiger partial charge in [-0.3, -0.25) is 9.59 Å². The summed E-state index contributed by atoms with van der Waals surface area (Å²) in [7, 11) is 0. The van der Waals surface area contributed by atoms with Gasteiger partial charge in [-0.15, -0.1) is 0 Å². The van der Waals surface area contributed by atoms with Crippen LogP contribution in [0.15, 0.2) is 78.9 Å². The Morgan fingerprint density at radius 1 is 0.919 bits per heavy atom. The number of benzene rings is 3. The van der Waals surface area contributed by atoms with Gasteiger partial charge < -0.3 is 15.0 Å². The second-order valence-corrected chi connectivity index (χ2v) is 10.2. The molecule has 1 saturated carbocycles. The van der Waals surface area contributed by atoms with Gasteiger partial charge in [0.05, 0.1) is 0 Å². The van der Waals surface area contributed by atoms with Gasteiger partial charge >= 0.3 is 0 Å². The first kappa shape index (κ1) is 26.7. The van der Waals surface area contributed by atoms with Crippen molar-refractivity contribution in [1.29, 1.82) is 0 Å². The minimum absolute atomic E-state index is 0.109. The molecule has 0 radical (unpaired) electrons. The third kappa shape index (κ3) is 8.09. The second-order valence-electron chi connectivity index (χ2n) is 9.80. The Kier molecular flexibility index (Phi) is 9.61. The van der Waals surface area contributed by atoms with E-state index in [1.807, 2.05) is 61.5 Å². The van der Waals surface area contributed by atoms with Crippen molar-refractivity contribution in [2.24, 2.45) is 0 Å². The predicted molar refractivity (Wildman–Crippen MR) is 148 cm³/mol. The normalized spacial score (nSPS) is 14.5. The molecule has 2 amide bonds. The minimum Gasteiger partial charge on any atom is -0.484 e. The molecule has 37 heavy (non-hydrogen) atoms. The fourth-order valence-electron chi connectivity index (χ4n) is 4.75. The number of halogens is 1. The van der Waals surface area contributed by atoms with Gasteiger partial charge in [-0.25, -0.2) is 0 Å². The molecule has 1 fully saturated rings. The van der Waals surface area contributed by atoms with Gasteiger partial charge in [0, 0.05) is 24.0 Å². The van der Waals surface area contributed by atoms with Gasteiger partial charge in [0.25, 0.3) is 5.91 Å². The number of hydrogen-bond acceptors (Lipinski definition) is 3. The maximum absolute atomic E-state index is 13.8. The Morgan fingerprint density at radius 3 is 2.27 bits per heavy atom. The second kappa shape index (κ2) is 13.3. The Balaban J connectivity index is 1.59. The van der Waals surface area contributed by atoms with Gasteiger partial charge in [-0.1, -0.05) is 91.0 Å². The van der Waals surface area contributed by atoms with Crippen LogP contribution in [0.2, 0.25) is 5.02 Å². The van der Waals surface area contributed by atoms with Crippen LogP contribution in [0, 0.1) is 6.92 Å². The van der Waals surface area contributed by atoms with Crippen molar-refractivity contribution in [1.82, 2.24) is 10.2 Å². The molecule has 194 valence electrons. The van der Waals surface area contributed by atoms with E-state index < -0.39 is 6.04 Å². The molecule has 0 unspecified atom stereocenters. The molecule has 4 rings (SSSR count). The van der Waals surface area contributed by atoms with Crippen molar-refractivity contribution in [2.75, 3.05) is 6.61 Å². The fourth-order valence-corrected chi connectivity index (χ4v) is 4.87. The van der Waals surface area contributed by atoms with Crippen LogP contribution in [-0.4, -0.2) is 35.4 Å². The van der Waals surface area contributed by atoms with Crippen molar-refractivity contribution in [3.63, 3.8) is 0 Å². The summed E-state index contributed by atoms with van der Waals surface area (Å²) >= 11 is 5.98. The highest BCUT2D eigenvalue weighted by Crippen LogP contribution is 2.21. The van der Waals surface area contributed by atoms with E-state index in [9.17, 15) is 9.59 Å². The summed E-state index contributed by atoms with van der Waals surface area (Å²) in [6, 6.07) is 24.3. The maximum Gasteiger partial charge on any atom is 0.261 e. The van der Waals surface area contributed by atoms with Gasteiger partial charge in [0.15, 0.2) is 6.61 Å². The molecule has 0 aliphatic heterocycles. The summed E-state index contributed by atoms with van der Waals surface area (Å²) in [5.74, 6) is 0.206. The summed E-state index contributed by atoms with van der Waals surface area (Å²) in [5, 5.41) is 3.86. The van der Waals surface area contributed by atoms with Crippen LogP contribution in [-0.2, 0) is 22.6 Å². The van der Waals surface area contributed by atoms with Crippen molar-refractivity contribution in [3.05, 3.63) is 101 Å². The van der Waals surface area contributed by atoms with Gasteiger partial charge in [-0.05, 0) is 55.2 Å². The molecule has 3 aromatic carbocycles. The van der Waals surface area contributed by atoms with E-state index in [1.165, 1.54) is 6.42 Å². The number of nitrogens with one attached hydrogen (secondary N) is 1. The first-order valence-corrected chi connectivity index (χ1v) is 13.4. The monoisotopic (exact) mass is 518 g/mol. The largest absolute Gasteiger partial charge is 0.484 e. The van der Waals surface area contributed by atoms with Crippen molar-refractivity contribution in [3.8, 4) is 5.75 Å². The Hall–Kier alpha value is -3.31. The molecule has 1 atom stereocenters. The van der Waals surface area contributed by atoms with Crippen LogP contribution >= 0.6 is 11.6 Å². The predicted octanol–water partition coefficient (Wildman–Crippen LogP) is 6.12. The van der Waals surface area contributed by atoms with Crippen molar-refractivity contribution >= 4 is 23.4 Å². The smallest absolute Gasteiger partial charge is 0.261 e. The molecule has 3 aromatic rings. The van der Waals surface area contributed by atoms with E-state index in [-0.39, 0.29) is 24.5 Å². The highest BCUT2D eigenvalue weighted by molar-refractivity contribution is 6.30. The van der Waals surface area contributed by atoms with Crippen LogP contribution in [0.25, 0.3) is 0 Å². The number of rotatable bonds is 10. The average molecular weight is 519 g/mol. The summed E-state index contributed by atoms with van der Waals surface area (Å²) in [6.07, 6.45) is 5.84. The highest BCUT2D eigenvalue weighted by Gasteiger charge is 2.32. The van der Waals surface area contributed by atoms with Crippen LogP contribution in [0.4, 0.5) is 0 Å². The van der Waals surface area contributed by atoms with E-state index in [0.717, 1.165) is 42.4 Å². The topological polar surface area (TPSA) is 58.6 Å². The summed E-state index contributed by atoms with van der Waals surface area (Å²) < 4.78 is 5.81. The number of hydrogen-bond donors (Lipinski definition) is 1. The number of aryl methyl sites for hydroxylation is 1. The lowest BCUT2D eigenvalue weighted by atomic mass is 9.94. The highest BCUT2D eigenvalue weighted by atomic mass is 35.5. The maximum atomic E-state index is 13.8. The van der Waals surface area contributed by atoms with Crippen LogP contribution in [0.3, 0.4) is 0 Å². The van der Waals surface area contributed by atoms with Gasteiger partial charge in [0.2, 0.25) is 5.91 Å². The third-order valence-corrected chi connectivity index (χ3v) is 7.12. The molecule has 0 heterocycles. The average Bonchev–Trinajstić information content (AvgIpc) is 2.92. The summed E-state index contributed by atoms with van der Waals surface area (Å²) in [5.41, 5.74) is 3.11. The number of ether oxygens (including phenoxy) is 1. The molecule has 6 heteroatoms. The molecule has 1 N–H and O–H groups in total. The summed E-state index contributed by atoms with van der Waals surface area (Å²) in [4.78, 5) is 29.1. The Morgan fingerprint density at radius 2 is 1.59 bits per heavy atom. The fraction of sp³-hybridized carbons (Fsp3) is 0.355. The molecule has 0 saturated heterocycles. The molecule has 1 aliphatic carbocycles. The third-order valence-electron chi connectivity index (χ3n) is 6.87. The molecule has 1 aliphatic rings. The number of nitrogens with zero attached hydrogens (tertiary/aromatic N) is 1. The van der Waals surface area contributed by atoms with Gasteiger partial charge in [0.1, 0.15) is 11.8 Å². The van der Waals surface area contributed by atoms with E-state index in [0.29, 0.717) is 23.7 Å². The first-order valence-electron chi connectivity index (χ1n) is 13.1. The van der Waals surface area contributed by atoms with Crippen molar-refractivity contribution < 1.29 is 14.3 Å². The van der Waals surface area contributed by atoms with E-state index in [4.69, 9.17) is 16.3 Å². The number of amides is 2.